The van der Waals surface area contributed by atoms with Gasteiger partial charge in [-0.3, -0.25) is 9.78 Å². The molecule has 1 aromatic carbocycles. The Hall–Kier alpha value is -1.67. The van der Waals surface area contributed by atoms with E-state index in [1.165, 1.54) is 0 Å². The molecule has 1 amide bonds. The molecule has 1 aliphatic heterocycles. The van der Waals surface area contributed by atoms with Crippen molar-refractivity contribution < 1.29 is 9.36 Å². The van der Waals surface area contributed by atoms with Gasteiger partial charge in [-0.1, -0.05) is 26.8 Å². The van der Waals surface area contributed by atoms with Crippen LogP contribution in [0.3, 0.4) is 0 Å². The molecule has 1 saturated heterocycles. The van der Waals surface area contributed by atoms with Gasteiger partial charge in [0.05, 0.1) is 11.2 Å². The van der Waals surface area contributed by atoms with Gasteiger partial charge in [-0.05, 0) is 38.0 Å². The summed E-state index contributed by atoms with van der Waals surface area (Å²) >= 11 is 0. The number of aromatic nitrogens is 1. The van der Waals surface area contributed by atoms with E-state index in [9.17, 15) is 9.36 Å². The third-order valence-electron chi connectivity index (χ3n) is 4.61. The summed E-state index contributed by atoms with van der Waals surface area (Å²) in [4.78, 5) is 17.1. The van der Waals surface area contributed by atoms with Crippen LogP contribution in [0.4, 0.5) is 5.69 Å². The van der Waals surface area contributed by atoms with E-state index < -0.39 is 12.6 Å². The fourth-order valence-electron chi connectivity index (χ4n) is 3.21. The minimum atomic E-state index is -2.48. The quantitative estimate of drug-likeness (QED) is 0.826. The third kappa shape index (κ3) is 3.12. The molecule has 24 heavy (non-hydrogen) atoms. The van der Waals surface area contributed by atoms with Crippen LogP contribution in [0.1, 0.15) is 39.3 Å². The molecule has 0 spiro atoms. The van der Waals surface area contributed by atoms with Crippen molar-refractivity contribution in [1.82, 2.24) is 4.98 Å². The van der Waals surface area contributed by atoms with Gasteiger partial charge < -0.3 is 9.88 Å². The first kappa shape index (κ1) is 17.2. The molecule has 0 radical (unpaired) electrons. The number of hydrogen-bond donors (Lipinski definition) is 1. The van der Waals surface area contributed by atoms with Crippen LogP contribution >= 0.6 is 7.14 Å². The average molecular weight is 344 g/mol. The Balaban J connectivity index is 2.20. The highest BCUT2D eigenvalue weighted by Crippen LogP contribution is 2.53. The van der Waals surface area contributed by atoms with Crippen molar-refractivity contribution in [1.29, 1.82) is 0 Å². The van der Waals surface area contributed by atoms with Gasteiger partial charge in [0.15, 0.2) is 0 Å². The van der Waals surface area contributed by atoms with Crippen molar-refractivity contribution in [2.45, 2.75) is 40.5 Å². The van der Waals surface area contributed by atoms with E-state index >= 15 is 0 Å². The van der Waals surface area contributed by atoms with Gasteiger partial charge in [0, 0.05) is 34.1 Å². The third-order valence-corrected chi connectivity index (χ3v) is 7.98. The van der Waals surface area contributed by atoms with Crippen molar-refractivity contribution in [3.05, 3.63) is 30.0 Å². The van der Waals surface area contributed by atoms with Crippen LogP contribution in [-0.2, 0) is 9.36 Å². The predicted octanol–water partition coefficient (Wildman–Crippen LogP) is 4.31. The highest BCUT2D eigenvalue weighted by molar-refractivity contribution is 7.72. The molecule has 0 atom stereocenters. The average Bonchev–Trinajstić information content (AvgIpc) is 2.93. The van der Waals surface area contributed by atoms with Crippen LogP contribution < -0.4 is 10.6 Å². The molecular formula is C19H25N2O2P. The number of aryl methyl sites for hydroxylation is 1. The lowest BCUT2D eigenvalue weighted by Gasteiger charge is -2.23. The summed E-state index contributed by atoms with van der Waals surface area (Å²) in [6.07, 6.45) is 3.41. The molecular weight excluding hydrogens is 319 g/mol. The number of carbonyl (C=O) groups excluding carboxylic acids is 1. The lowest BCUT2D eigenvalue weighted by molar-refractivity contribution is -0.123. The van der Waals surface area contributed by atoms with Crippen molar-refractivity contribution in [3.8, 4) is 0 Å². The van der Waals surface area contributed by atoms with E-state index in [1.54, 1.807) is 0 Å². The lowest BCUT2D eigenvalue weighted by atomic mass is 9.95. The van der Waals surface area contributed by atoms with Gasteiger partial charge in [0.2, 0.25) is 5.91 Å². The minimum absolute atomic E-state index is 0.0611. The molecule has 4 nitrogen and oxygen atoms in total. The topological polar surface area (TPSA) is 59.1 Å². The smallest absolute Gasteiger partial charge is 0.229 e. The summed E-state index contributed by atoms with van der Waals surface area (Å²) in [6.45, 7) is 7.59. The summed E-state index contributed by atoms with van der Waals surface area (Å²) in [5.41, 5.74) is 1.98. The number of nitrogens with one attached hydrogen (secondary N) is 1. The number of benzene rings is 1. The minimum Gasteiger partial charge on any atom is -0.325 e. The zero-order chi connectivity index (χ0) is 17.5. The van der Waals surface area contributed by atoms with Crippen LogP contribution in [0.15, 0.2) is 24.3 Å². The zero-order valence-corrected chi connectivity index (χ0v) is 15.7. The van der Waals surface area contributed by atoms with E-state index in [0.717, 1.165) is 47.1 Å². The predicted molar refractivity (Wildman–Crippen MR) is 101 cm³/mol. The molecule has 0 saturated carbocycles. The van der Waals surface area contributed by atoms with Crippen LogP contribution in [-0.4, -0.2) is 23.2 Å². The SMILES string of the molecule is Cc1ccc2c(P3(=O)CCCC3)c(NC(=O)C(C)(C)C)ccc2n1. The standard InChI is InChI=1S/C19H25N2O2P/c1-13-7-8-14-15(20-13)9-10-16(21-18(22)19(2,3)4)17(14)24(23)11-5-6-12-24/h7-10H,5-6,11-12H2,1-4H3,(H,21,22). The van der Waals surface area contributed by atoms with Gasteiger partial charge in [-0.15, -0.1) is 0 Å². The fourth-order valence-corrected chi connectivity index (χ4v) is 6.55. The van der Waals surface area contributed by atoms with Gasteiger partial charge >= 0.3 is 0 Å². The first-order valence-corrected chi connectivity index (χ1v) is 10.6. The molecule has 128 valence electrons. The molecule has 0 aliphatic carbocycles. The van der Waals surface area contributed by atoms with Crippen molar-refractivity contribution in [2.75, 3.05) is 17.6 Å². The maximum Gasteiger partial charge on any atom is 0.229 e. The summed E-state index contributed by atoms with van der Waals surface area (Å²) in [5, 5.41) is 4.76. The first-order valence-electron chi connectivity index (χ1n) is 8.51. The molecule has 1 aliphatic rings. The number of carbonyl (C=O) groups is 1. The van der Waals surface area contributed by atoms with Crippen molar-refractivity contribution >= 4 is 34.9 Å². The Kier molecular flexibility index (Phi) is 4.29. The Bertz CT molecular complexity index is 842. The monoisotopic (exact) mass is 344 g/mol. The number of hydrogen-bond acceptors (Lipinski definition) is 3. The van der Waals surface area contributed by atoms with Crippen LogP contribution in [0.5, 0.6) is 0 Å². The van der Waals surface area contributed by atoms with E-state index in [0.29, 0.717) is 5.69 Å². The van der Waals surface area contributed by atoms with E-state index in [2.05, 4.69) is 10.3 Å². The molecule has 3 rings (SSSR count). The number of nitrogens with zero attached hydrogens (tertiary/aromatic N) is 1. The number of pyridine rings is 1. The van der Waals surface area contributed by atoms with Gasteiger partial charge in [0.1, 0.15) is 7.14 Å². The molecule has 2 heterocycles. The second-order valence-electron chi connectivity index (χ2n) is 7.73. The lowest BCUT2D eigenvalue weighted by Crippen LogP contribution is -2.30. The molecule has 0 bridgehead atoms. The highest BCUT2D eigenvalue weighted by Gasteiger charge is 2.34. The Morgan fingerprint density at radius 2 is 1.79 bits per heavy atom. The largest absolute Gasteiger partial charge is 0.325 e. The number of anilines is 1. The second kappa shape index (κ2) is 6.00. The number of amides is 1. The Morgan fingerprint density at radius 3 is 2.42 bits per heavy atom. The summed E-state index contributed by atoms with van der Waals surface area (Å²) in [6, 6.07) is 7.72. The maximum absolute atomic E-state index is 13.6. The molecule has 0 unspecified atom stereocenters. The van der Waals surface area contributed by atoms with E-state index in [1.807, 2.05) is 52.0 Å². The molecule has 1 aromatic heterocycles. The molecule has 5 heteroatoms. The van der Waals surface area contributed by atoms with Crippen molar-refractivity contribution in [2.24, 2.45) is 5.41 Å². The normalized spacial score (nSPS) is 17.2. The Labute approximate surface area is 143 Å². The van der Waals surface area contributed by atoms with Crippen molar-refractivity contribution in [3.63, 3.8) is 0 Å². The van der Waals surface area contributed by atoms with Gasteiger partial charge in [-0.2, -0.15) is 0 Å². The van der Waals surface area contributed by atoms with Crippen LogP contribution in [0.25, 0.3) is 10.9 Å². The second-order valence-corrected chi connectivity index (χ2v) is 10.8. The number of rotatable bonds is 2. The van der Waals surface area contributed by atoms with E-state index in [-0.39, 0.29) is 5.91 Å². The summed E-state index contributed by atoms with van der Waals surface area (Å²) in [5.74, 6) is -0.0611. The van der Waals surface area contributed by atoms with E-state index in [4.69, 9.17) is 0 Å². The fraction of sp³-hybridized carbons (Fsp3) is 0.474. The first-order chi connectivity index (χ1) is 11.2. The van der Waals surface area contributed by atoms with Gasteiger partial charge in [-0.25, -0.2) is 0 Å². The Morgan fingerprint density at radius 1 is 1.12 bits per heavy atom. The highest BCUT2D eigenvalue weighted by atomic mass is 31.2. The molecule has 1 fully saturated rings. The molecule has 2 aromatic rings. The summed E-state index contributed by atoms with van der Waals surface area (Å²) in [7, 11) is -2.48. The molecule has 1 N–H and O–H groups in total. The van der Waals surface area contributed by atoms with Crippen LogP contribution in [0.2, 0.25) is 0 Å². The zero-order valence-electron chi connectivity index (χ0n) is 14.8. The van der Waals surface area contributed by atoms with Gasteiger partial charge in [0.25, 0.3) is 0 Å². The van der Waals surface area contributed by atoms with Crippen LogP contribution in [0, 0.1) is 12.3 Å². The summed E-state index contributed by atoms with van der Waals surface area (Å²) < 4.78 is 13.6. The maximum atomic E-state index is 13.6. The number of fused-ring (bicyclic) bond motifs is 1.